The van der Waals surface area contributed by atoms with Crippen molar-refractivity contribution in [1.29, 1.82) is 0 Å². The Labute approximate surface area is 197 Å². The minimum atomic E-state index is -3.67. The summed E-state index contributed by atoms with van der Waals surface area (Å²) in [5.74, 6) is -0.575. The molecule has 2 saturated heterocycles. The maximum Gasteiger partial charge on any atom is 0.253 e. The number of fused-ring (bicyclic) bond motifs is 1. The Morgan fingerprint density at radius 1 is 1.06 bits per heavy atom. The number of sulfone groups is 1. The van der Waals surface area contributed by atoms with Crippen LogP contribution in [-0.4, -0.2) is 77.8 Å². The van der Waals surface area contributed by atoms with Crippen LogP contribution in [-0.2, 0) is 23.7 Å². The fourth-order valence-corrected chi connectivity index (χ4v) is 5.39. The molecule has 2 aliphatic rings. The van der Waals surface area contributed by atoms with E-state index >= 15 is 0 Å². The molecule has 0 aliphatic carbocycles. The summed E-state index contributed by atoms with van der Waals surface area (Å²) in [6.45, 7) is 15.2. The van der Waals surface area contributed by atoms with E-state index in [0.717, 1.165) is 6.26 Å². The molecule has 0 bridgehead atoms. The van der Waals surface area contributed by atoms with Crippen LogP contribution in [0.2, 0.25) is 18.1 Å². The Morgan fingerprint density at radius 2 is 1.58 bits per heavy atom. The third kappa shape index (κ3) is 5.20. The van der Waals surface area contributed by atoms with Gasteiger partial charge in [0, 0.05) is 6.26 Å². The first-order valence-electron chi connectivity index (χ1n) is 11.0. The van der Waals surface area contributed by atoms with Crippen molar-refractivity contribution in [3.05, 3.63) is 5.56 Å². The molecule has 0 amide bonds. The van der Waals surface area contributed by atoms with E-state index in [2.05, 4.69) is 49.1 Å². The fourth-order valence-electron chi connectivity index (χ4n) is 3.87. The lowest BCUT2D eigenvalue weighted by Crippen LogP contribution is -2.47. The van der Waals surface area contributed by atoms with Crippen molar-refractivity contribution in [3.63, 3.8) is 0 Å². The molecule has 0 aromatic carbocycles. The standard InChI is InChI=1S/C21H37N3O7SSi/c1-20(2,3)33(9,10)29-11-12-15-16(31-21(4,5)30-15)14(22-12)13-17(27-6)23-19(32(8,25)26)24-18(13)28-7/h12,14-16,22H,11H2,1-10H3/t12-,14+,15-,16+/m1/s1. The maximum absolute atomic E-state index is 12.1. The molecule has 0 saturated carbocycles. The average Bonchev–Trinajstić information content (AvgIpc) is 3.16. The predicted molar refractivity (Wildman–Crippen MR) is 125 cm³/mol. The molecule has 33 heavy (non-hydrogen) atoms. The van der Waals surface area contributed by atoms with Crippen LogP contribution >= 0.6 is 0 Å². The molecule has 2 aliphatic heterocycles. The van der Waals surface area contributed by atoms with Gasteiger partial charge in [-0.3, -0.25) is 5.32 Å². The van der Waals surface area contributed by atoms with Gasteiger partial charge in [0.25, 0.3) is 5.16 Å². The van der Waals surface area contributed by atoms with E-state index < -0.39 is 36.1 Å². The molecule has 1 aromatic rings. The van der Waals surface area contributed by atoms with E-state index in [1.165, 1.54) is 14.2 Å². The van der Waals surface area contributed by atoms with Crippen LogP contribution in [0.3, 0.4) is 0 Å². The Morgan fingerprint density at radius 3 is 2.03 bits per heavy atom. The highest BCUT2D eigenvalue weighted by atomic mass is 32.2. The average molecular weight is 504 g/mol. The molecular weight excluding hydrogens is 466 g/mol. The normalized spacial score (nSPS) is 27.5. The SMILES string of the molecule is COc1nc(S(C)(=O)=O)nc(OC)c1[C@@H]1N[C@H](CO[Si](C)(C)C(C)(C)C)[C@H]2OC(C)(C)O[C@H]21. The topological polar surface area (TPSA) is 118 Å². The van der Waals surface area contributed by atoms with Crippen LogP contribution in [0.25, 0.3) is 0 Å². The highest BCUT2D eigenvalue weighted by Gasteiger charge is 2.56. The van der Waals surface area contributed by atoms with Crippen molar-refractivity contribution >= 4 is 18.2 Å². The van der Waals surface area contributed by atoms with Gasteiger partial charge in [-0.2, -0.15) is 9.97 Å². The molecule has 1 aromatic heterocycles. The molecule has 188 valence electrons. The Bertz CT molecular complexity index is 969. The molecule has 3 heterocycles. The summed E-state index contributed by atoms with van der Waals surface area (Å²) in [6.07, 6.45) is 0.345. The van der Waals surface area contributed by atoms with Gasteiger partial charge in [0.1, 0.15) is 12.2 Å². The van der Waals surface area contributed by atoms with Gasteiger partial charge >= 0.3 is 0 Å². The number of methoxy groups -OCH3 is 2. The van der Waals surface area contributed by atoms with Crippen molar-refractivity contribution < 1.29 is 31.8 Å². The molecular formula is C21H37N3O7SSi. The number of hydrogen-bond acceptors (Lipinski definition) is 10. The zero-order valence-electron chi connectivity index (χ0n) is 21.2. The van der Waals surface area contributed by atoms with Crippen molar-refractivity contribution in [2.75, 3.05) is 27.1 Å². The summed E-state index contributed by atoms with van der Waals surface area (Å²) in [5.41, 5.74) is 0.485. The Hall–Kier alpha value is -1.31. The van der Waals surface area contributed by atoms with E-state index in [9.17, 15) is 8.42 Å². The van der Waals surface area contributed by atoms with E-state index in [0.29, 0.717) is 12.2 Å². The summed E-state index contributed by atoms with van der Waals surface area (Å²) in [5, 5.41) is 3.24. The molecule has 1 N–H and O–H groups in total. The second-order valence-electron chi connectivity index (χ2n) is 10.6. The lowest BCUT2D eigenvalue weighted by Gasteiger charge is -2.37. The van der Waals surface area contributed by atoms with E-state index in [-0.39, 0.29) is 34.1 Å². The number of aromatic nitrogens is 2. The van der Waals surface area contributed by atoms with Crippen molar-refractivity contribution in [2.24, 2.45) is 0 Å². The first-order valence-corrected chi connectivity index (χ1v) is 15.8. The highest BCUT2D eigenvalue weighted by molar-refractivity contribution is 7.90. The largest absolute Gasteiger partial charge is 0.481 e. The Kier molecular flexibility index (Phi) is 6.95. The molecule has 0 spiro atoms. The van der Waals surface area contributed by atoms with Crippen LogP contribution in [0.15, 0.2) is 5.16 Å². The van der Waals surface area contributed by atoms with Crippen molar-refractivity contribution in [1.82, 2.24) is 15.3 Å². The smallest absolute Gasteiger partial charge is 0.253 e. The zero-order valence-corrected chi connectivity index (χ0v) is 23.0. The van der Waals surface area contributed by atoms with Gasteiger partial charge in [-0.15, -0.1) is 0 Å². The second-order valence-corrected chi connectivity index (χ2v) is 17.3. The number of nitrogens with zero attached hydrogens (tertiary/aromatic N) is 2. The molecule has 4 atom stereocenters. The van der Waals surface area contributed by atoms with Gasteiger partial charge in [0.05, 0.1) is 38.5 Å². The van der Waals surface area contributed by atoms with Gasteiger partial charge in [-0.05, 0) is 32.0 Å². The lowest BCUT2D eigenvalue weighted by molar-refractivity contribution is -0.157. The van der Waals surface area contributed by atoms with E-state index in [1.807, 2.05) is 13.8 Å². The third-order valence-electron chi connectivity index (χ3n) is 6.60. The first-order chi connectivity index (χ1) is 15.0. The van der Waals surface area contributed by atoms with Gasteiger partial charge in [0.2, 0.25) is 21.6 Å². The van der Waals surface area contributed by atoms with E-state index in [4.69, 9.17) is 23.4 Å². The van der Waals surface area contributed by atoms with Gasteiger partial charge in [-0.25, -0.2) is 8.42 Å². The van der Waals surface area contributed by atoms with E-state index in [1.54, 1.807) is 0 Å². The maximum atomic E-state index is 12.1. The molecule has 12 heteroatoms. The van der Waals surface area contributed by atoms with Gasteiger partial charge in [-0.1, -0.05) is 20.8 Å². The minimum Gasteiger partial charge on any atom is -0.481 e. The predicted octanol–water partition coefficient (Wildman–Crippen LogP) is 2.45. The quantitative estimate of drug-likeness (QED) is 0.439. The lowest BCUT2D eigenvalue weighted by atomic mass is 10.0. The monoisotopic (exact) mass is 503 g/mol. The molecule has 3 rings (SSSR count). The third-order valence-corrected chi connectivity index (χ3v) is 11.9. The first kappa shape index (κ1) is 26.3. The summed E-state index contributed by atoms with van der Waals surface area (Å²) in [4.78, 5) is 8.29. The summed E-state index contributed by atoms with van der Waals surface area (Å²) in [7, 11) is -2.81. The van der Waals surface area contributed by atoms with Gasteiger partial charge < -0.3 is 23.4 Å². The van der Waals surface area contributed by atoms with Crippen molar-refractivity contribution in [3.8, 4) is 11.8 Å². The Balaban J connectivity index is 2.00. The minimum absolute atomic E-state index is 0.0679. The fraction of sp³-hybridized carbons (Fsp3) is 0.810. The van der Waals surface area contributed by atoms with Crippen LogP contribution < -0.4 is 14.8 Å². The summed E-state index contributed by atoms with van der Waals surface area (Å²) in [6, 6.07) is -0.622. The van der Waals surface area contributed by atoms with Crippen LogP contribution in [0.5, 0.6) is 11.8 Å². The number of ether oxygens (including phenoxy) is 4. The van der Waals surface area contributed by atoms with Gasteiger partial charge in [0.15, 0.2) is 14.1 Å². The van der Waals surface area contributed by atoms with Crippen molar-refractivity contribution in [2.45, 2.75) is 88.0 Å². The number of rotatable bonds is 7. The molecule has 0 unspecified atom stereocenters. The van der Waals surface area contributed by atoms with Crippen LogP contribution in [0, 0.1) is 0 Å². The summed E-state index contributed by atoms with van der Waals surface area (Å²) >= 11 is 0. The molecule has 10 nitrogen and oxygen atoms in total. The molecule has 0 radical (unpaired) electrons. The number of nitrogens with one attached hydrogen (secondary N) is 1. The van der Waals surface area contributed by atoms with Crippen LogP contribution in [0.1, 0.15) is 46.2 Å². The zero-order chi connectivity index (χ0) is 25.0. The number of hydrogen-bond donors (Lipinski definition) is 1. The summed E-state index contributed by atoms with van der Waals surface area (Å²) < 4.78 is 54.1. The molecule has 2 fully saturated rings. The van der Waals surface area contributed by atoms with Crippen LogP contribution in [0.4, 0.5) is 0 Å². The second kappa shape index (κ2) is 8.72. The highest BCUT2D eigenvalue weighted by Crippen LogP contribution is 2.46.